The Balaban J connectivity index is 2.44. The van der Waals surface area contributed by atoms with Gasteiger partial charge in [0.25, 0.3) is 0 Å². The van der Waals surface area contributed by atoms with Crippen LogP contribution >= 0.6 is 0 Å². The number of likely N-dealkylation sites (N-methyl/N-ethyl adjacent to an activating group) is 1. The Morgan fingerprint density at radius 1 is 1.53 bits per heavy atom. The lowest BCUT2D eigenvalue weighted by atomic mass is 10.2. The van der Waals surface area contributed by atoms with Gasteiger partial charge >= 0.3 is 0 Å². The van der Waals surface area contributed by atoms with Gasteiger partial charge in [-0.1, -0.05) is 19.1 Å². The van der Waals surface area contributed by atoms with Gasteiger partial charge in [-0.2, -0.15) is 0 Å². The van der Waals surface area contributed by atoms with E-state index in [-0.39, 0.29) is 0 Å². The molecule has 1 aromatic rings. The number of hydrogen-bond donors (Lipinski definition) is 1. The first-order valence-corrected chi connectivity index (χ1v) is 6.23. The van der Waals surface area contributed by atoms with Crippen molar-refractivity contribution in [3.8, 4) is 0 Å². The van der Waals surface area contributed by atoms with Crippen LogP contribution in [-0.4, -0.2) is 35.6 Å². The Kier molecular flexibility index (Phi) is 6.51. The van der Waals surface area contributed by atoms with Crippen molar-refractivity contribution in [3.63, 3.8) is 0 Å². The van der Waals surface area contributed by atoms with Gasteiger partial charge in [0.1, 0.15) is 0 Å². The van der Waals surface area contributed by atoms with Gasteiger partial charge in [0.2, 0.25) is 0 Å². The van der Waals surface area contributed by atoms with Crippen LogP contribution in [0.2, 0.25) is 0 Å². The van der Waals surface area contributed by atoms with Crippen molar-refractivity contribution in [2.75, 3.05) is 19.6 Å². The van der Waals surface area contributed by atoms with Crippen LogP contribution < -0.4 is 5.32 Å². The summed E-state index contributed by atoms with van der Waals surface area (Å²) in [4.78, 5) is 6.78. The van der Waals surface area contributed by atoms with Crippen LogP contribution in [0.1, 0.15) is 19.5 Å². The van der Waals surface area contributed by atoms with E-state index in [1.807, 2.05) is 24.4 Å². The summed E-state index contributed by atoms with van der Waals surface area (Å²) in [7, 11) is 0. The van der Waals surface area contributed by atoms with E-state index < -0.39 is 0 Å². The second-order valence-corrected chi connectivity index (χ2v) is 4.18. The summed E-state index contributed by atoms with van der Waals surface area (Å²) in [6.45, 7) is 11.9. The Labute approximate surface area is 105 Å². The van der Waals surface area contributed by atoms with Gasteiger partial charge in [-0.15, -0.1) is 6.58 Å². The van der Waals surface area contributed by atoms with Gasteiger partial charge in [-0.25, -0.2) is 0 Å². The van der Waals surface area contributed by atoms with Crippen LogP contribution in [0.5, 0.6) is 0 Å². The van der Waals surface area contributed by atoms with E-state index in [9.17, 15) is 0 Å². The normalized spacial score (nSPS) is 12.6. The van der Waals surface area contributed by atoms with Crippen molar-refractivity contribution < 1.29 is 0 Å². The Morgan fingerprint density at radius 2 is 2.35 bits per heavy atom. The molecule has 1 rings (SSSR count). The predicted molar refractivity (Wildman–Crippen MR) is 72.8 cm³/mol. The average Bonchev–Trinajstić information content (AvgIpc) is 2.37. The van der Waals surface area contributed by atoms with Gasteiger partial charge in [-0.05, 0) is 25.6 Å². The molecule has 3 heteroatoms. The molecule has 17 heavy (non-hydrogen) atoms. The van der Waals surface area contributed by atoms with Gasteiger partial charge in [0.15, 0.2) is 0 Å². The third-order valence-corrected chi connectivity index (χ3v) is 2.85. The minimum Gasteiger partial charge on any atom is -0.312 e. The van der Waals surface area contributed by atoms with Crippen LogP contribution in [0.3, 0.4) is 0 Å². The molecule has 0 amide bonds. The molecule has 0 fully saturated rings. The maximum absolute atomic E-state index is 4.37. The summed E-state index contributed by atoms with van der Waals surface area (Å²) in [5, 5.41) is 3.36. The van der Waals surface area contributed by atoms with Crippen molar-refractivity contribution in [1.29, 1.82) is 0 Å². The molecule has 0 saturated carbocycles. The molecule has 1 unspecified atom stereocenters. The van der Waals surface area contributed by atoms with Crippen molar-refractivity contribution in [2.24, 2.45) is 0 Å². The first-order chi connectivity index (χ1) is 8.27. The van der Waals surface area contributed by atoms with E-state index in [0.717, 1.165) is 31.9 Å². The predicted octanol–water partition coefficient (Wildman–Crippen LogP) is 2.07. The zero-order chi connectivity index (χ0) is 12.5. The fourth-order valence-electron chi connectivity index (χ4n) is 1.80. The third kappa shape index (κ3) is 5.11. The topological polar surface area (TPSA) is 28.2 Å². The third-order valence-electron chi connectivity index (χ3n) is 2.85. The van der Waals surface area contributed by atoms with E-state index >= 15 is 0 Å². The zero-order valence-corrected chi connectivity index (χ0v) is 10.9. The molecule has 0 spiro atoms. The van der Waals surface area contributed by atoms with Gasteiger partial charge < -0.3 is 5.32 Å². The Bertz CT molecular complexity index is 311. The maximum atomic E-state index is 4.37. The van der Waals surface area contributed by atoms with E-state index in [0.29, 0.717) is 6.04 Å². The van der Waals surface area contributed by atoms with Crippen molar-refractivity contribution in [3.05, 3.63) is 42.7 Å². The second-order valence-electron chi connectivity index (χ2n) is 4.18. The number of pyridine rings is 1. The monoisotopic (exact) mass is 233 g/mol. The fourth-order valence-corrected chi connectivity index (χ4v) is 1.80. The summed E-state index contributed by atoms with van der Waals surface area (Å²) in [6, 6.07) is 6.57. The molecule has 0 aliphatic rings. The Hall–Kier alpha value is -1.19. The van der Waals surface area contributed by atoms with Crippen molar-refractivity contribution >= 4 is 0 Å². The van der Waals surface area contributed by atoms with Crippen LogP contribution in [0.4, 0.5) is 0 Å². The molecule has 0 saturated heterocycles. The van der Waals surface area contributed by atoms with E-state index in [1.54, 1.807) is 0 Å². The summed E-state index contributed by atoms with van der Waals surface area (Å²) >= 11 is 0. The molecule has 94 valence electrons. The zero-order valence-electron chi connectivity index (χ0n) is 10.9. The van der Waals surface area contributed by atoms with Crippen LogP contribution in [0.15, 0.2) is 37.1 Å². The number of nitrogens with zero attached hydrogens (tertiary/aromatic N) is 2. The lowest BCUT2D eigenvalue weighted by Crippen LogP contribution is -2.40. The molecule has 0 radical (unpaired) electrons. The van der Waals surface area contributed by atoms with Crippen molar-refractivity contribution in [1.82, 2.24) is 15.2 Å². The van der Waals surface area contributed by atoms with Crippen molar-refractivity contribution in [2.45, 2.75) is 26.4 Å². The molecule has 0 aliphatic heterocycles. The summed E-state index contributed by atoms with van der Waals surface area (Å²) < 4.78 is 0. The molecule has 0 aliphatic carbocycles. The lowest BCUT2D eigenvalue weighted by Gasteiger charge is -2.27. The molecule has 1 N–H and O–H groups in total. The van der Waals surface area contributed by atoms with E-state index in [2.05, 4.69) is 41.7 Å². The highest BCUT2D eigenvalue weighted by molar-refractivity contribution is 5.03. The number of aromatic nitrogens is 1. The average molecular weight is 233 g/mol. The molecule has 0 aromatic carbocycles. The smallest absolute Gasteiger partial charge is 0.0544 e. The quantitative estimate of drug-likeness (QED) is 0.550. The molecular formula is C14H23N3. The molecule has 1 atom stereocenters. The largest absolute Gasteiger partial charge is 0.312 e. The van der Waals surface area contributed by atoms with E-state index in [4.69, 9.17) is 0 Å². The second kappa shape index (κ2) is 7.98. The van der Waals surface area contributed by atoms with Gasteiger partial charge in [-0.3, -0.25) is 9.88 Å². The summed E-state index contributed by atoms with van der Waals surface area (Å²) in [6.07, 6.45) is 3.74. The number of nitrogens with one attached hydrogen (secondary N) is 1. The first-order valence-electron chi connectivity index (χ1n) is 6.23. The lowest BCUT2D eigenvalue weighted by molar-refractivity contribution is 0.205. The highest BCUT2D eigenvalue weighted by atomic mass is 15.2. The minimum atomic E-state index is 0.502. The maximum Gasteiger partial charge on any atom is 0.0544 e. The molecule has 1 aromatic heterocycles. The summed E-state index contributed by atoms with van der Waals surface area (Å²) in [5.41, 5.74) is 1.13. The van der Waals surface area contributed by atoms with Gasteiger partial charge in [0.05, 0.1) is 5.69 Å². The first kappa shape index (κ1) is 13.9. The SMILES string of the molecule is C=CCNCC(C)N(CC)Cc1ccccn1. The standard InChI is InChI=1S/C14H23N3/c1-4-9-15-11-13(3)17(5-2)12-14-8-6-7-10-16-14/h4,6-8,10,13,15H,1,5,9,11-12H2,2-3H3. The van der Waals surface area contributed by atoms with Gasteiger partial charge in [0, 0.05) is 31.9 Å². The van der Waals surface area contributed by atoms with E-state index in [1.165, 1.54) is 0 Å². The molecule has 3 nitrogen and oxygen atoms in total. The van der Waals surface area contributed by atoms with Crippen LogP contribution in [0.25, 0.3) is 0 Å². The highest BCUT2D eigenvalue weighted by Crippen LogP contribution is 2.05. The van der Waals surface area contributed by atoms with Crippen LogP contribution in [0, 0.1) is 0 Å². The number of rotatable bonds is 8. The molecule has 0 bridgehead atoms. The number of hydrogen-bond acceptors (Lipinski definition) is 3. The highest BCUT2D eigenvalue weighted by Gasteiger charge is 2.12. The van der Waals surface area contributed by atoms with Crippen LogP contribution in [-0.2, 0) is 6.54 Å². The molecular weight excluding hydrogens is 210 g/mol. The minimum absolute atomic E-state index is 0.502. The molecule has 1 heterocycles. The fraction of sp³-hybridized carbons (Fsp3) is 0.500. The summed E-state index contributed by atoms with van der Waals surface area (Å²) in [5.74, 6) is 0. The Morgan fingerprint density at radius 3 is 2.94 bits per heavy atom.